The molecule has 1 aromatic carbocycles. The van der Waals surface area contributed by atoms with Gasteiger partial charge in [0.1, 0.15) is 5.82 Å². The fourth-order valence-corrected chi connectivity index (χ4v) is 4.95. The lowest BCUT2D eigenvalue weighted by Crippen LogP contribution is -2.56. The lowest BCUT2D eigenvalue weighted by molar-refractivity contribution is -0.131. The normalized spacial score (nSPS) is 34.5. The minimum atomic E-state index is -1.09. The number of benzene rings is 1. The van der Waals surface area contributed by atoms with Gasteiger partial charge in [0.2, 0.25) is 0 Å². The molecule has 1 saturated heterocycles. The lowest BCUT2D eigenvalue weighted by Gasteiger charge is -2.46. The maximum absolute atomic E-state index is 14.1. The van der Waals surface area contributed by atoms with Crippen LogP contribution < -0.4 is 10.6 Å². The van der Waals surface area contributed by atoms with Gasteiger partial charge in [-0.15, -0.1) is 0 Å². The number of nitrogens with one attached hydrogen (secondary N) is 2. The molecule has 1 unspecified atom stereocenters. The molecule has 0 aromatic heterocycles. The van der Waals surface area contributed by atoms with E-state index in [9.17, 15) is 14.0 Å². The van der Waals surface area contributed by atoms with Crippen molar-refractivity contribution in [2.45, 2.75) is 50.7 Å². The minimum absolute atomic E-state index is 0.176. The third kappa shape index (κ3) is 1.83. The number of methoxy groups -OCH3 is 1. The van der Waals surface area contributed by atoms with Gasteiger partial charge in [-0.05, 0) is 67.9 Å². The van der Waals surface area contributed by atoms with Crippen molar-refractivity contribution < 1.29 is 18.7 Å². The molecule has 2 fully saturated rings. The highest BCUT2D eigenvalue weighted by atomic mass is 19.1. The summed E-state index contributed by atoms with van der Waals surface area (Å²) in [5, 5.41) is 5.32. The quantitative estimate of drug-likeness (QED) is 0.776. The van der Waals surface area contributed by atoms with Gasteiger partial charge in [0.15, 0.2) is 5.54 Å². The Kier molecular flexibility index (Phi) is 3.26. The molecule has 2 aliphatic carbocycles. The summed E-state index contributed by atoms with van der Waals surface area (Å²) in [6, 6.07) is 2.79. The van der Waals surface area contributed by atoms with E-state index in [4.69, 9.17) is 4.74 Å². The summed E-state index contributed by atoms with van der Waals surface area (Å²) in [4.78, 5) is 24.9. The highest BCUT2D eigenvalue weighted by Gasteiger charge is 2.66. The van der Waals surface area contributed by atoms with Crippen LogP contribution in [0, 0.1) is 18.2 Å². The fraction of sp³-hybridized carbons (Fsp3) is 0.556. The Morgan fingerprint density at radius 2 is 1.96 bits per heavy atom. The molecule has 6 heteroatoms. The van der Waals surface area contributed by atoms with Crippen molar-refractivity contribution in [1.82, 2.24) is 10.6 Å². The molecule has 128 valence electrons. The minimum Gasteiger partial charge on any atom is -0.381 e. The Hall–Kier alpha value is -1.95. The summed E-state index contributed by atoms with van der Waals surface area (Å²) in [5.41, 5.74) is 0.564. The molecule has 2 N–H and O–H groups in total. The van der Waals surface area contributed by atoms with Crippen molar-refractivity contribution >= 4 is 11.9 Å². The zero-order valence-electron chi connectivity index (χ0n) is 13.9. The Morgan fingerprint density at radius 1 is 1.25 bits per heavy atom. The number of carbonyl (C=O) groups is 2. The van der Waals surface area contributed by atoms with Crippen LogP contribution in [0.15, 0.2) is 12.1 Å². The Bertz CT molecular complexity index is 740. The van der Waals surface area contributed by atoms with Crippen molar-refractivity contribution in [1.29, 1.82) is 0 Å². The van der Waals surface area contributed by atoms with Gasteiger partial charge in [-0.1, -0.05) is 0 Å². The zero-order valence-corrected chi connectivity index (χ0v) is 13.9. The molecular weight excluding hydrogens is 311 g/mol. The maximum Gasteiger partial charge on any atom is 0.322 e. The standard InChI is InChI=1S/C18H21FN2O3/c1-10-7-13-11(8-14(10)19)9-17(5-3-12(24-2)4-6-17)18(13)15(22)20-16(23)21-18/h7-8,12H,3-6,9H2,1-2H3,(H2,20,21,22,23). The molecule has 0 radical (unpaired) electrons. The van der Waals surface area contributed by atoms with E-state index in [1.807, 2.05) is 0 Å². The smallest absolute Gasteiger partial charge is 0.322 e. The summed E-state index contributed by atoms with van der Waals surface area (Å²) >= 11 is 0. The number of hydrogen-bond acceptors (Lipinski definition) is 3. The number of imide groups is 1. The summed E-state index contributed by atoms with van der Waals surface area (Å²) in [6.07, 6.45) is 3.95. The number of fused-ring (bicyclic) bond motifs is 3. The molecule has 1 saturated carbocycles. The van der Waals surface area contributed by atoms with E-state index < -0.39 is 17.0 Å². The fourth-order valence-electron chi connectivity index (χ4n) is 4.95. The molecule has 1 aromatic rings. The number of aryl methyl sites for hydroxylation is 1. The van der Waals surface area contributed by atoms with Gasteiger partial charge in [-0.3, -0.25) is 10.1 Å². The maximum atomic E-state index is 14.1. The van der Waals surface area contributed by atoms with E-state index in [0.717, 1.165) is 36.8 Å². The van der Waals surface area contributed by atoms with Crippen LogP contribution in [0.2, 0.25) is 0 Å². The van der Waals surface area contributed by atoms with Gasteiger partial charge in [0.25, 0.3) is 5.91 Å². The van der Waals surface area contributed by atoms with E-state index >= 15 is 0 Å². The van der Waals surface area contributed by atoms with E-state index in [1.54, 1.807) is 20.1 Å². The van der Waals surface area contributed by atoms with Crippen LogP contribution in [0.5, 0.6) is 0 Å². The van der Waals surface area contributed by atoms with Crippen LogP contribution >= 0.6 is 0 Å². The molecule has 3 aliphatic rings. The van der Waals surface area contributed by atoms with Gasteiger partial charge < -0.3 is 10.1 Å². The van der Waals surface area contributed by atoms with Crippen molar-refractivity contribution in [2.75, 3.05) is 7.11 Å². The van der Waals surface area contributed by atoms with Crippen molar-refractivity contribution in [3.05, 3.63) is 34.6 Å². The van der Waals surface area contributed by atoms with Crippen molar-refractivity contribution in [3.8, 4) is 0 Å². The predicted molar refractivity (Wildman–Crippen MR) is 84.9 cm³/mol. The van der Waals surface area contributed by atoms with E-state index in [2.05, 4.69) is 10.6 Å². The third-order valence-electron chi connectivity index (χ3n) is 6.20. The molecular formula is C18H21FN2O3. The van der Waals surface area contributed by atoms with Crippen LogP contribution in [0.1, 0.15) is 42.4 Å². The number of carbonyl (C=O) groups excluding carboxylic acids is 2. The molecule has 5 nitrogen and oxygen atoms in total. The van der Waals surface area contributed by atoms with E-state index in [1.165, 1.54) is 6.07 Å². The first kappa shape index (κ1) is 15.6. The first-order valence-electron chi connectivity index (χ1n) is 8.38. The largest absolute Gasteiger partial charge is 0.381 e. The molecule has 2 spiro atoms. The molecule has 4 rings (SSSR count). The van der Waals surface area contributed by atoms with Gasteiger partial charge in [0, 0.05) is 12.5 Å². The summed E-state index contributed by atoms with van der Waals surface area (Å²) in [7, 11) is 1.70. The summed E-state index contributed by atoms with van der Waals surface area (Å²) < 4.78 is 19.5. The van der Waals surface area contributed by atoms with Gasteiger partial charge in [-0.25, -0.2) is 9.18 Å². The van der Waals surface area contributed by atoms with Gasteiger partial charge >= 0.3 is 6.03 Å². The summed E-state index contributed by atoms with van der Waals surface area (Å²) in [5.74, 6) is -0.579. The summed E-state index contributed by atoms with van der Waals surface area (Å²) in [6.45, 7) is 1.69. The number of hydrogen-bond donors (Lipinski definition) is 2. The van der Waals surface area contributed by atoms with Crippen LogP contribution in [-0.2, 0) is 21.5 Å². The van der Waals surface area contributed by atoms with Crippen LogP contribution in [0.3, 0.4) is 0 Å². The highest BCUT2D eigenvalue weighted by molar-refractivity contribution is 6.08. The average Bonchev–Trinajstić information content (AvgIpc) is 2.98. The Balaban J connectivity index is 1.87. The number of urea groups is 1. The number of rotatable bonds is 1. The number of ether oxygens (including phenoxy) is 1. The topological polar surface area (TPSA) is 67.4 Å². The third-order valence-corrected chi connectivity index (χ3v) is 6.20. The molecule has 1 atom stereocenters. The number of halogens is 1. The average molecular weight is 332 g/mol. The zero-order chi connectivity index (χ0) is 17.1. The van der Waals surface area contributed by atoms with Crippen LogP contribution in [-0.4, -0.2) is 25.2 Å². The SMILES string of the molecule is COC1CCC2(CC1)Cc1cc(F)c(C)cc1C21NC(=O)NC1=O. The second-order valence-corrected chi connectivity index (χ2v) is 7.31. The molecule has 0 bridgehead atoms. The lowest BCUT2D eigenvalue weighted by atomic mass is 9.61. The van der Waals surface area contributed by atoms with Gasteiger partial charge in [-0.2, -0.15) is 0 Å². The second kappa shape index (κ2) is 5.02. The molecule has 24 heavy (non-hydrogen) atoms. The monoisotopic (exact) mass is 332 g/mol. The second-order valence-electron chi connectivity index (χ2n) is 7.31. The molecule has 1 heterocycles. The first-order chi connectivity index (χ1) is 11.4. The van der Waals surface area contributed by atoms with Crippen molar-refractivity contribution in [2.24, 2.45) is 5.41 Å². The Morgan fingerprint density at radius 3 is 2.54 bits per heavy atom. The molecule has 1 aliphatic heterocycles. The Labute approximate surface area is 139 Å². The number of amides is 3. The highest BCUT2D eigenvalue weighted by Crippen LogP contribution is 2.59. The molecule has 3 amide bonds. The first-order valence-corrected chi connectivity index (χ1v) is 8.38. The van der Waals surface area contributed by atoms with E-state index in [-0.39, 0.29) is 17.8 Å². The van der Waals surface area contributed by atoms with E-state index in [0.29, 0.717) is 12.0 Å². The van der Waals surface area contributed by atoms with Gasteiger partial charge in [0.05, 0.1) is 6.10 Å². The van der Waals surface area contributed by atoms with Crippen LogP contribution in [0.4, 0.5) is 9.18 Å². The van der Waals surface area contributed by atoms with Crippen molar-refractivity contribution in [3.63, 3.8) is 0 Å². The predicted octanol–water partition coefficient (Wildman–Crippen LogP) is 2.30. The van der Waals surface area contributed by atoms with Crippen LogP contribution in [0.25, 0.3) is 0 Å².